The number of carbonyl (C=O) groups is 13. The van der Waals surface area contributed by atoms with Crippen molar-refractivity contribution in [1.82, 2.24) is 4.90 Å². The van der Waals surface area contributed by atoms with Crippen LogP contribution in [0.25, 0.3) is 0 Å². The van der Waals surface area contributed by atoms with Crippen molar-refractivity contribution < 1.29 is 130 Å². The molecular weight excluding hydrogens is 2020 g/mol. The molecule has 2 saturated carbocycles. The quantitative estimate of drug-likeness (QED) is 0.00565. The number of hydrogen-bond acceptors (Lipinski definition) is 32. The summed E-state index contributed by atoms with van der Waals surface area (Å²) in [5.74, 6) is 2.07. The molecule has 0 atom stereocenters. The largest absolute Gasteiger partial charge is 0.481 e. The molecule has 0 saturated heterocycles. The van der Waals surface area contributed by atoms with Crippen LogP contribution in [0.15, 0.2) is 73.3 Å². The maximum atomic E-state index is 11.8. The lowest BCUT2D eigenvalue weighted by atomic mass is 9.96. The van der Waals surface area contributed by atoms with E-state index in [0.717, 1.165) is 164 Å². The van der Waals surface area contributed by atoms with Gasteiger partial charge in [-0.3, -0.25) is 62.3 Å². The van der Waals surface area contributed by atoms with Gasteiger partial charge in [-0.15, -0.1) is 45.5 Å². The summed E-state index contributed by atoms with van der Waals surface area (Å²) in [6.45, 7) is 37.6. The van der Waals surface area contributed by atoms with Gasteiger partial charge in [-0.05, 0) is 218 Å². The third-order valence-corrected chi connectivity index (χ3v) is 23.5. The topological polar surface area (TPSA) is 434 Å². The van der Waals surface area contributed by atoms with E-state index < -0.39 is 5.97 Å². The number of ether oxygens (including phenoxy) is 9. The Morgan fingerprint density at radius 2 is 0.575 bits per heavy atom. The Morgan fingerprint density at radius 3 is 0.815 bits per heavy atom. The van der Waals surface area contributed by atoms with E-state index in [1.165, 1.54) is 114 Å². The van der Waals surface area contributed by atoms with Gasteiger partial charge in [0, 0.05) is 147 Å². The van der Waals surface area contributed by atoms with Crippen LogP contribution < -0.4 is 0 Å². The van der Waals surface area contributed by atoms with Crippen LogP contribution in [0.1, 0.15) is 388 Å². The number of aliphatic hydroxyl groups is 4. The summed E-state index contributed by atoms with van der Waals surface area (Å²) in [5, 5.41) is 42.5. The summed E-state index contributed by atoms with van der Waals surface area (Å²) in [5.41, 5.74) is 0. The molecule has 0 aromatic rings. The van der Waals surface area contributed by atoms with Crippen LogP contribution in [0.4, 0.5) is 0 Å². The van der Waals surface area contributed by atoms with Gasteiger partial charge in [0.1, 0.15) is 55.3 Å². The van der Waals surface area contributed by atoms with Crippen molar-refractivity contribution in [3.8, 4) is 0 Å². The number of thiol groups is 2. The Labute approximate surface area is 909 Å². The van der Waals surface area contributed by atoms with Crippen molar-refractivity contribution in [1.29, 1.82) is 0 Å². The van der Waals surface area contributed by atoms with Crippen molar-refractivity contribution >= 4 is 145 Å². The van der Waals surface area contributed by atoms with E-state index in [1.807, 2.05) is 18.2 Å². The summed E-state index contributed by atoms with van der Waals surface area (Å²) in [6, 6.07) is 4.04. The number of unbranched alkanes of at least 4 members (excludes halogenated alkanes) is 17. The van der Waals surface area contributed by atoms with Crippen molar-refractivity contribution in [2.24, 2.45) is 9.98 Å². The molecule has 30 nitrogen and oxygen atoms in total. The molecule has 0 aromatic carbocycles. The number of carboxylic acids is 1. The number of hydrogen-bond donors (Lipinski definition) is 7. The second-order valence-corrected chi connectivity index (χ2v) is 38.5. The van der Waals surface area contributed by atoms with E-state index in [-0.39, 0.29) is 128 Å². The first-order chi connectivity index (χ1) is 70.5. The molecule has 0 amide bonds. The first-order valence-electron chi connectivity index (χ1n) is 53.8. The third kappa shape index (κ3) is 154. The van der Waals surface area contributed by atoms with E-state index in [0.29, 0.717) is 212 Å². The lowest BCUT2D eigenvalue weighted by Crippen LogP contribution is -2.21. The Morgan fingerprint density at radius 1 is 0.336 bits per heavy atom. The van der Waals surface area contributed by atoms with E-state index >= 15 is 0 Å². The number of aliphatic imine (C=N–C) groups is 2. The molecule has 0 spiro atoms. The van der Waals surface area contributed by atoms with Crippen molar-refractivity contribution in [2.75, 3.05) is 161 Å². The molecular formula is C111H200BrN3O27S4. The molecule has 0 radical (unpaired) electrons. The molecule has 5 N–H and O–H groups in total. The molecule has 0 unspecified atom stereocenters. The zero-order chi connectivity index (χ0) is 111. The fourth-order valence-corrected chi connectivity index (χ4v) is 14.4. The number of rotatable bonds is 86. The van der Waals surface area contributed by atoms with Crippen molar-refractivity contribution in [3.63, 3.8) is 0 Å². The standard InChI is InChI=1S/C21H36O5S.C19H34O4S.C17H30O6S.C15H26O5.C13H22N2.C11H18O3.C6H15N.C4H10O3.C3H5Br.C2H4OS/c1-3-4-5-10-15-25-16-17-26-21(24)14-9-8-13-20(23)12-7-6-11-18-27-19(2)22;1-2-3-4-9-14-22-15-16-23-19(21)13-8-7-12-18(20)11-6-5-10-17-24;1-15(19)24-14-6-2-3-7-16(20)8-4-5-9-17(21)23-13-12-22-11-10-18;1-2-3-4-7-14(17)8-5-6-9-15(18)20-13-12-19-11-10-16;1-3-7-12(8-4-1)14-11-15-13-9-5-2-6-10-13;1-2-3-4-7-10(12)8-5-6-9-11(13)14;1-4-7(5-2)6-3;5-1-3-7-4-2-6;1-2-3-4;1-2(3)4/h3H,1,4-18H2,2H3;2,24H,1,3-17H2;18H,2-14H2,1H3;2,16H,1,3-13H2;12-13H,1-10H2;2H,1,3-9H2,(H,13,14);4-6H2,1-3H3;5-6H,1-4H2;2H,1,3H2;1H3,(H,3,4). The number of allylic oxidation sites excluding steroid dienone is 5. The minimum atomic E-state index is -0.788. The minimum Gasteiger partial charge on any atom is -0.481 e. The number of aliphatic hydroxyl groups excluding tert-OH is 4. The van der Waals surface area contributed by atoms with E-state index in [2.05, 4.69) is 120 Å². The SMILES string of the molecule is C(=NC1CCCCC1)=NC1CCCCC1.C=CCBr.C=CCCCC(=O)CCCCC(=O)O.C=CCCCC(=O)CCCCC(=O)OCCOCCO.C=CCCCCOCCOC(=O)CCCCC(=O)CCCCCS.C=CCCCCOCCOC(=O)CCCCC(=O)CCCCCSC(C)=O.CC(=O)S.CC(=O)SCCCCCC(=O)CCCCC(=O)OCCOCCO.CCN(CC)CC.OCCOCCO. The van der Waals surface area contributed by atoms with Gasteiger partial charge < -0.3 is 73.1 Å². The highest BCUT2D eigenvalue weighted by Gasteiger charge is 2.16. The first-order valence-corrected chi connectivity index (χ1v) is 58.0. The van der Waals surface area contributed by atoms with Crippen LogP contribution in [0.5, 0.6) is 0 Å². The zero-order valence-corrected chi connectivity index (χ0v) is 96.1. The summed E-state index contributed by atoms with van der Waals surface area (Å²) in [7, 11) is 0. The maximum Gasteiger partial charge on any atom is 0.305 e. The number of alkyl halides is 1. The molecule has 35 heteroatoms. The summed E-state index contributed by atoms with van der Waals surface area (Å²) >= 11 is 13.3. The molecule has 0 aliphatic heterocycles. The number of esters is 4. The lowest BCUT2D eigenvalue weighted by molar-refractivity contribution is -0.146. The highest BCUT2D eigenvalue weighted by molar-refractivity contribution is 9.09. The van der Waals surface area contributed by atoms with Gasteiger partial charge in [-0.25, -0.2) is 9.98 Å². The number of thioether (sulfide) groups is 2. The lowest BCUT2D eigenvalue weighted by Gasteiger charge is -2.17. The second kappa shape index (κ2) is 135. The number of nitrogens with zero attached hydrogens (tertiary/aromatic N) is 3. The smallest absolute Gasteiger partial charge is 0.305 e. The molecule has 2 aliphatic rings. The average Bonchev–Trinajstić information content (AvgIpc) is 0.938. The van der Waals surface area contributed by atoms with Crippen LogP contribution >= 0.6 is 64.7 Å². The molecule has 2 aliphatic carbocycles. The van der Waals surface area contributed by atoms with E-state index in [9.17, 15) is 62.3 Å². The van der Waals surface area contributed by atoms with Gasteiger partial charge in [0.2, 0.25) is 0 Å². The summed E-state index contributed by atoms with van der Waals surface area (Å²) < 4.78 is 45.4. The normalized spacial score (nSPS) is 11.6. The first kappa shape index (κ1) is 156. The Kier molecular flexibility index (Phi) is 144. The van der Waals surface area contributed by atoms with E-state index in [1.54, 1.807) is 26.0 Å². The summed E-state index contributed by atoms with van der Waals surface area (Å²) in [6.07, 6.45) is 54.9. The van der Waals surface area contributed by atoms with Gasteiger partial charge in [0.15, 0.2) is 15.3 Å². The van der Waals surface area contributed by atoms with Gasteiger partial charge in [-0.1, -0.05) is 148 Å². The van der Waals surface area contributed by atoms with Gasteiger partial charge in [-0.2, -0.15) is 12.6 Å². The number of aliphatic carboxylic acids is 1. The third-order valence-electron chi connectivity index (χ3n) is 21.0. The molecule has 0 heterocycles. The van der Waals surface area contributed by atoms with Crippen LogP contribution in [0.2, 0.25) is 0 Å². The number of ketones is 5. The van der Waals surface area contributed by atoms with E-state index in [4.69, 9.17) is 63.4 Å². The predicted molar refractivity (Wildman–Crippen MR) is 604 cm³/mol. The zero-order valence-electron chi connectivity index (χ0n) is 91.1. The second-order valence-electron chi connectivity index (χ2n) is 34.3. The van der Waals surface area contributed by atoms with Crippen molar-refractivity contribution in [3.05, 3.63) is 63.3 Å². The minimum absolute atomic E-state index is 0.0278. The number of Topliss-reactive ketones (excluding diaryl/α,β-unsaturated/α-hetero) is 5. The predicted octanol–water partition coefficient (Wildman–Crippen LogP) is 22.7. The van der Waals surface area contributed by atoms with Gasteiger partial charge >= 0.3 is 29.8 Å². The maximum absolute atomic E-state index is 11.8. The number of carboxylic acid groups (broad SMARTS) is 1. The number of carbonyl (C=O) groups excluding carboxylic acids is 12. The fraction of sp³-hybridized carbons (Fsp3) is 0.784. The average molecular weight is 2220 g/mol. The molecule has 146 heavy (non-hydrogen) atoms. The molecule has 2 rings (SSSR count). The van der Waals surface area contributed by atoms with Gasteiger partial charge in [0.05, 0.1) is 97.4 Å². The Balaban J connectivity index is -0.000000252. The highest BCUT2D eigenvalue weighted by Crippen LogP contribution is 2.23. The fourth-order valence-electron chi connectivity index (χ4n) is 12.9. The molecule has 2 fully saturated rings. The molecule has 0 aromatic heterocycles. The highest BCUT2D eigenvalue weighted by atomic mass is 79.9. The summed E-state index contributed by atoms with van der Waals surface area (Å²) in [4.78, 5) is 156. The van der Waals surface area contributed by atoms with Crippen LogP contribution in [-0.4, -0.2) is 284 Å². The van der Waals surface area contributed by atoms with Crippen LogP contribution in [0, 0.1) is 0 Å². The van der Waals surface area contributed by atoms with Crippen LogP contribution in [-0.2, 0) is 105 Å². The number of halogens is 1. The van der Waals surface area contributed by atoms with Gasteiger partial charge in [0.25, 0.3) is 0 Å². The Hall–Kier alpha value is -5.73. The molecule has 852 valence electrons. The van der Waals surface area contributed by atoms with Crippen molar-refractivity contribution in [2.45, 2.75) is 400 Å². The molecule has 0 bridgehead atoms. The Bertz CT molecular complexity index is 3120. The van der Waals surface area contributed by atoms with Crippen LogP contribution in [0.3, 0.4) is 0 Å². The monoisotopic (exact) mass is 2210 g/mol.